The fraction of sp³-hybridized carbons (Fsp3) is 0.500. The second-order valence-electron chi connectivity index (χ2n) is 4.41. The molecule has 3 nitrogen and oxygen atoms in total. The van der Waals surface area contributed by atoms with Gasteiger partial charge in [0.05, 0.1) is 18.6 Å². The van der Waals surface area contributed by atoms with Crippen molar-refractivity contribution >= 4 is 5.97 Å². The molecule has 0 N–H and O–H groups in total. The zero-order valence-corrected chi connectivity index (χ0v) is 10.3. The Balaban J connectivity index is 2.25. The van der Waals surface area contributed by atoms with Gasteiger partial charge in [-0.1, -0.05) is 30.3 Å². The molecule has 0 heterocycles. The minimum Gasteiger partial charge on any atom is -0.465 e. The number of carbonyl (C=O) groups is 1. The summed E-state index contributed by atoms with van der Waals surface area (Å²) in [5, 5.41) is 0. The van der Waals surface area contributed by atoms with Gasteiger partial charge in [0.2, 0.25) is 0 Å². The zero-order valence-electron chi connectivity index (χ0n) is 10.3. The summed E-state index contributed by atoms with van der Waals surface area (Å²) in [7, 11) is 1.67. The third-order valence-corrected chi connectivity index (χ3v) is 3.40. The lowest BCUT2D eigenvalue weighted by molar-refractivity contribution is -0.147. The molecule has 1 aliphatic rings. The number of ether oxygens (including phenoxy) is 2. The Hall–Kier alpha value is -1.35. The Labute approximate surface area is 102 Å². The Morgan fingerprint density at radius 3 is 2.71 bits per heavy atom. The summed E-state index contributed by atoms with van der Waals surface area (Å²) in [5.74, 6) is 0.127. The van der Waals surface area contributed by atoms with E-state index in [2.05, 4.69) is 0 Å². The van der Waals surface area contributed by atoms with Crippen molar-refractivity contribution < 1.29 is 14.3 Å². The summed E-state index contributed by atoms with van der Waals surface area (Å²) in [5.41, 5.74) is 0.577. The molecular formula is C14H18O3. The van der Waals surface area contributed by atoms with Gasteiger partial charge in [0.15, 0.2) is 0 Å². The largest absolute Gasteiger partial charge is 0.465 e. The summed E-state index contributed by atoms with van der Waals surface area (Å²) in [6.07, 6.45) is 0.823. The standard InChI is InChI=1S/C14H18O3/c1-3-17-13(15)14(9-12(14)10-16-2)11-7-5-4-6-8-11/h4-8,12H,3,9-10H2,1-2H3. The molecule has 0 saturated heterocycles. The minimum absolute atomic E-state index is 0.117. The quantitative estimate of drug-likeness (QED) is 0.732. The second kappa shape index (κ2) is 4.88. The van der Waals surface area contributed by atoms with Gasteiger partial charge in [0.25, 0.3) is 0 Å². The van der Waals surface area contributed by atoms with Gasteiger partial charge in [-0.2, -0.15) is 0 Å². The molecule has 0 spiro atoms. The molecule has 1 fully saturated rings. The first kappa shape index (κ1) is 12.1. The van der Waals surface area contributed by atoms with Crippen molar-refractivity contribution in [2.45, 2.75) is 18.8 Å². The zero-order chi connectivity index (χ0) is 12.3. The highest BCUT2D eigenvalue weighted by Gasteiger charge is 2.62. The van der Waals surface area contributed by atoms with Crippen molar-refractivity contribution in [1.82, 2.24) is 0 Å². The van der Waals surface area contributed by atoms with E-state index < -0.39 is 5.41 Å². The average Bonchev–Trinajstić information content (AvgIpc) is 3.07. The highest BCUT2D eigenvalue weighted by atomic mass is 16.5. The van der Waals surface area contributed by atoms with E-state index in [1.54, 1.807) is 7.11 Å². The number of methoxy groups -OCH3 is 1. The van der Waals surface area contributed by atoms with Gasteiger partial charge in [-0.15, -0.1) is 0 Å². The van der Waals surface area contributed by atoms with Crippen LogP contribution in [0.1, 0.15) is 18.9 Å². The van der Waals surface area contributed by atoms with Crippen molar-refractivity contribution in [3.63, 3.8) is 0 Å². The van der Waals surface area contributed by atoms with Crippen LogP contribution in [0.5, 0.6) is 0 Å². The average molecular weight is 234 g/mol. The maximum Gasteiger partial charge on any atom is 0.316 e. The Morgan fingerprint density at radius 2 is 2.12 bits per heavy atom. The van der Waals surface area contributed by atoms with Gasteiger partial charge in [0.1, 0.15) is 0 Å². The molecule has 92 valence electrons. The molecule has 1 aliphatic carbocycles. The van der Waals surface area contributed by atoms with Crippen LogP contribution < -0.4 is 0 Å². The molecule has 1 aromatic rings. The summed E-state index contributed by atoms with van der Waals surface area (Å²) in [4.78, 5) is 12.1. The van der Waals surface area contributed by atoms with Crippen LogP contribution in [0.15, 0.2) is 30.3 Å². The predicted molar refractivity (Wildman–Crippen MR) is 64.7 cm³/mol. The predicted octanol–water partition coefficient (Wildman–Crippen LogP) is 2.15. The van der Waals surface area contributed by atoms with Crippen LogP contribution in [0.4, 0.5) is 0 Å². The van der Waals surface area contributed by atoms with Crippen LogP contribution in [0.2, 0.25) is 0 Å². The topological polar surface area (TPSA) is 35.5 Å². The first-order chi connectivity index (χ1) is 8.25. The number of benzene rings is 1. The van der Waals surface area contributed by atoms with E-state index >= 15 is 0 Å². The van der Waals surface area contributed by atoms with E-state index in [4.69, 9.17) is 9.47 Å². The molecule has 3 heteroatoms. The number of carbonyl (C=O) groups excluding carboxylic acids is 1. The molecule has 0 bridgehead atoms. The van der Waals surface area contributed by atoms with Gasteiger partial charge in [-0.3, -0.25) is 4.79 Å². The van der Waals surface area contributed by atoms with Gasteiger partial charge < -0.3 is 9.47 Å². The number of hydrogen-bond donors (Lipinski definition) is 0. The molecule has 1 saturated carbocycles. The molecule has 2 atom stereocenters. The molecule has 0 aromatic heterocycles. The monoisotopic (exact) mass is 234 g/mol. The fourth-order valence-corrected chi connectivity index (χ4v) is 2.45. The molecule has 0 radical (unpaired) electrons. The molecule has 0 aliphatic heterocycles. The van der Waals surface area contributed by atoms with Crippen molar-refractivity contribution in [2.24, 2.45) is 5.92 Å². The SMILES string of the molecule is CCOC(=O)C1(c2ccccc2)CC1COC. The molecule has 17 heavy (non-hydrogen) atoms. The fourth-order valence-electron chi connectivity index (χ4n) is 2.45. The lowest BCUT2D eigenvalue weighted by Crippen LogP contribution is -2.26. The normalized spacial score (nSPS) is 26.6. The summed E-state index contributed by atoms with van der Waals surface area (Å²) >= 11 is 0. The second-order valence-corrected chi connectivity index (χ2v) is 4.41. The lowest BCUT2D eigenvalue weighted by atomic mass is 9.93. The summed E-state index contributed by atoms with van der Waals surface area (Å²) < 4.78 is 10.4. The van der Waals surface area contributed by atoms with Crippen LogP contribution in [0.3, 0.4) is 0 Å². The van der Waals surface area contributed by atoms with Crippen molar-refractivity contribution in [1.29, 1.82) is 0 Å². The molecular weight excluding hydrogens is 216 g/mol. The van der Waals surface area contributed by atoms with Gasteiger partial charge >= 0.3 is 5.97 Å². The third-order valence-electron chi connectivity index (χ3n) is 3.40. The summed E-state index contributed by atoms with van der Waals surface area (Å²) in [6, 6.07) is 9.85. The number of rotatable bonds is 5. The summed E-state index contributed by atoms with van der Waals surface area (Å²) in [6.45, 7) is 2.87. The van der Waals surface area contributed by atoms with Crippen LogP contribution in [-0.4, -0.2) is 26.3 Å². The molecule has 2 unspecified atom stereocenters. The van der Waals surface area contributed by atoms with Crippen LogP contribution >= 0.6 is 0 Å². The number of hydrogen-bond acceptors (Lipinski definition) is 3. The Morgan fingerprint density at radius 1 is 1.41 bits per heavy atom. The highest BCUT2D eigenvalue weighted by molar-refractivity contribution is 5.87. The van der Waals surface area contributed by atoms with E-state index in [0.29, 0.717) is 13.2 Å². The van der Waals surface area contributed by atoms with Crippen molar-refractivity contribution in [3.05, 3.63) is 35.9 Å². The first-order valence-electron chi connectivity index (χ1n) is 5.97. The maximum atomic E-state index is 12.1. The van der Waals surface area contributed by atoms with Crippen LogP contribution in [0.25, 0.3) is 0 Å². The van der Waals surface area contributed by atoms with Crippen LogP contribution in [-0.2, 0) is 19.7 Å². The van der Waals surface area contributed by atoms with Gasteiger partial charge in [-0.25, -0.2) is 0 Å². The van der Waals surface area contributed by atoms with E-state index in [1.807, 2.05) is 37.3 Å². The van der Waals surface area contributed by atoms with E-state index in [1.165, 1.54) is 0 Å². The van der Waals surface area contributed by atoms with Gasteiger partial charge in [-0.05, 0) is 18.9 Å². The van der Waals surface area contributed by atoms with Crippen molar-refractivity contribution in [2.75, 3.05) is 20.3 Å². The smallest absolute Gasteiger partial charge is 0.316 e. The Kier molecular flexibility index (Phi) is 3.48. The Bertz CT molecular complexity index is 388. The maximum absolute atomic E-state index is 12.1. The highest BCUT2D eigenvalue weighted by Crippen LogP contribution is 2.55. The third kappa shape index (κ3) is 2.07. The van der Waals surface area contributed by atoms with Gasteiger partial charge in [0, 0.05) is 13.0 Å². The van der Waals surface area contributed by atoms with E-state index in [9.17, 15) is 4.79 Å². The minimum atomic E-state index is -0.465. The molecule has 2 rings (SSSR count). The van der Waals surface area contributed by atoms with E-state index in [-0.39, 0.29) is 11.9 Å². The van der Waals surface area contributed by atoms with Crippen LogP contribution in [0, 0.1) is 5.92 Å². The lowest BCUT2D eigenvalue weighted by Gasteiger charge is -2.16. The molecule has 1 aromatic carbocycles. The van der Waals surface area contributed by atoms with E-state index in [0.717, 1.165) is 12.0 Å². The number of esters is 1. The molecule has 0 amide bonds. The first-order valence-corrected chi connectivity index (χ1v) is 5.97. The van der Waals surface area contributed by atoms with Crippen molar-refractivity contribution in [3.8, 4) is 0 Å².